The van der Waals surface area contributed by atoms with Crippen LogP contribution in [0.1, 0.15) is 57.6 Å². The number of rotatable bonds is 6. The van der Waals surface area contributed by atoms with Crippen molar-refractivity contribution in [1.29, 1.82) is 0 Å². The third-order valence-corrected chi connectivity index (χ3v) is 7.87. The fourth-order valence-electron chi connectivity index (χ4n) is 5.07. The Morgan fingerprint density at radius 2 is 1.41 bits per heavy atom. The van der Waals surface area contributed by atoms with Crippen LogP contribution in [0, 0.1) is 0 Å². The van der Waals surface area contributed by atoms with Gasteiger partial charge in [-0.2, -0.15) is 0 Å². The number of likely N-dealkylation sites (tertiary alicyclic amines) is 1. The summed E-state index contributed by atoms with van der Waals surface area (Å²) in [6.07, 6.45) is 4.51. The Kier molecular flexibility index (Phi) is 19.5. The number of nitrogens with zero attached hydrogens (tertiary/aromatic N) is 1. The molecule has 46 heavy (non-hydrogen) atoms. The Morgan fingerprint density at radius 1 is 0.935 bits per heavy atom. The van der Waals surface area contributed by atoms with Gasteiger partial charge in [0.2, 0.25) is 0 Å². The van der Waals surface area contributed by atoms with Crippen LogP contribution in [0.15, 0.2) is 48.5 Å². The normalized spacial score (nSPS) is 20.6. The number of halogens is 2. The number of carbonyl (C=O) groups excluding carboxylic acids is 1. The van der Waals surface area contributed by atoms with E-state index in [4.69, 9.17) is 70.4 Å². The Hall–Kier alpha value is -1.25. The zero-order chi connectivity index (χ0) is 35.0. The van der Waals surface area contributed by atoms with Crippen molar-refractivity contribution in [2.24, 2.45) is 11.5 Å². The standard InChI is InChI=1S/C17H25ClN2O2.C12H17ClN2.B7.B2/c1-16(2,3)22-15(21)20-10-4-9-17(19,12-20)11-13-5-7-14(18)8-6-13;13-11-4-2-10(3-5-11)8-12(14)6-1-7-15-9-12;1-5-7(4)6(2)3;1-2/h5-8H,4,9-12,19H2,1-3H3;2-5,15H,1,6-9,14H2;;/t17-;12-;;/m11../s1. The van der Waals surface area contributed by atoms with E-state index in [0.29, 0.717) is 18.1 Å². The lowest BCUT2D eigenvalue weighted by molar-refractivity contribution is 0.0140. The van der Waals surface area contributed by atoms with Crippen molar-refractivity contribution in [3.63, 3.8) is 0 Å². The number of carbonyl (C=O) groups is 1. The minimum Gasteiger partial charge on any atom is -0.444 e. The van der Waals surface area contributed by atoms with E-state index in [9.17, 15) is 4.79 Å². The van der Waals surface area contributed by atoms with Crippen molar-refractivity contribution in [3.05, 3.63) is 69.7 Å². The molecule has 2 saturated heterocycles. The van der Waals surface area contributed by atoms with Crippen molar-refractivity contribution >= 4 is 95.5 Å². The van der Waals surface area contributed by atoms with Crippen LogP contribution >= 0.6 is 23.2 Å². The Labute approximate surface area is 297 Å². The summed E-state index contributed by atoms with van der Waals surface area (Å²) < 4.78 is 5.45. The molecule has 2 aromatic rings. The molecule has 13 radical (unpaired) electrons. The summed E-state index contributed by atoms with van der Waals surface area (Å²) in [6.45, 7) is 8.85. The highest BCUT2D eigenvalue weighted by Crippen LogP contribution is 2.25. The Morgan fingerprint density at radius 3 is 1.80 bits per heavy atom. The fourth-order valence-corrected chi connectivity index (χ4v) is 5.33. The lowest BCUT2D eigenvalue weighted by Gasteiger charge is -2.40. The molecule has 6 nitrogen and oxygen atoms in total. The maximum Gasteiger partial charge on any atom is 0.410 e. The highest BCUT2D eigenvalue weighted by Gasteiger charge is 2.35. The first-order valence-electron chi connectivity index (χ1n) is 15.4. The van der Waals surface area contributed by atoms with Gasteiger partial charge in [0.1, 0.15) is 5.60 Å². The van der Waals surface area contributed by atoms with E-state index in [1.807, 2.05) is 57.2 Å². The summed E-state index contributed by atoms with van der Waals surface area (Å²) >= 11 is 11.8. The number of hydrogen-bond donors (Lipinski definition) is 3. The summed E-state index contributed by atoms with van der Waals surface area (Å²) in [7, 11) is 29.6. The van der Waals surface area contributed by atoms with Gasteiger partial charge in [0, 0.05) is 107 Å². The van der Waals surface area contributed by atoms with Gasteiger partial charge in [-0.15, -0.1) is 0 Å². The molecule has 4 rings (SSSR count). The first kappa shape index (κ1) is 42.8. The van der Waals surface area contributed by atoms with E-state index in [-0.39, 0.29) is 18.0 Å². The highest BCUT2D eigenvalue weighted by atomic mass is 35.5. The van der Waals surface area contributed by atoms with Gasteiger partial charge in [-0.1, -0.05) is 47.5 Å². The van der Waals surface area contributed by atoms with Gasteiger partial charge in [0.25, 0.3) is 0 Å². The van der Waals surface area contributed by atoms with E-state index in [0.717, 1.165) is 55.8 Å². The van der Waals surface area contributed by atoms with Crippen molar-refractivity contribution < 1.29 is 9.53 Å². The summed E-state index contributed by atoms with van der Waals surface area (Å²) in [5.74, 6) is 0. The zero-order valence-corrected chi connectivity index (χ0v) is 29.1. The van der Waals surface area contributed by atoms with Crippen LogP contribution in [-0.4, -0.2) is 120 Å². The van der Waals surface area contributed by atoms with Crippen LogP contribution in [0.3, 0.4) is 0 Å². The molecule has 0 spiro atoms. The largest absolute Gasteiger partial charge is 0.444 e. The molecule has 2 heterocycles. The second-order valence-corrected chi connectivity index (χ2v) is 13.8. The summed E-state index contributed by atoms with van der Waals surface area (Å²) in [5.41, 5.74) is 14.3. The number of nitrogens with two attached hydrogens (primary N) is 2. The van der Waals surface area contributed by atoms with Gasteiger partial charge >= 0.3 is 6.09 Å². The lowest BCUT2D eigenvalue weighted by Crippen LogP contribution is -2.57. The molecular formula is C29H42B9Cl2N4O2. The lowest BCUT2D eigenvalue weighted by atomic mass is 8.76. The van der Waals surface area contributed by atoms with Crippen molar-refractivity contribution in [1.82, 2.24) is 10.2 Å². The third kappa shape index (κ3) is 17.2. The van der Waals surface area contributed by atoms with E-state index in [1.165, 1.54) is 19.0 Å². The second-order valence-electron chi connectivity index (χ2n) is 13.0. The maximum absolute atomic E-state index is 12.2. The Balaban J connectivity index is 0.000000380. The average molecular weight is 647 g/mol. The monoisotopic (exact) mass is 647 g/mol. The van der Waals surface area contributed by atoms with Crippen LogP contribution in [-0.2, 0) is 17.6 Å². The van der Waals surface area contributed by atoms with E-state index >= 15 is 0 Å². The van der Waals surface area contributed by atoms with Crippen LogP contribution in [0.4, 0.5) is 4.79 Å². The van der Waals surface area contributed by atoms with Crippen molar-refractivity contribution in [2.75, 3.05) is 26.2 Å². The van der Waals surface area contributed by atoms with Crippen LogP contribution in [0.25, 0.3) is 0 Å². The molecule has 0 unspecified atom stereocenters. The van der Waals surface area contributed by atoms with Gasteiger partial charge in [-0.25, -0.2) is 4.79 Å². The van der Waals surface area contributed by atoms with Gasteiger partial charge < -0.3 is 26.4 Å². The predicted molar refractivity (Wildman–Crippen MR) is 205 cm³/mol. The van der Waals surface area contributed by atoms with E-state index in [2.05, 4.69) is 32.9 Å². The van der Waals surface area contributed by atoms with Crippen LogP contribution in [0.5, 0.6) is 0 Å². The minimum atomic E-state index is -0.537. The first-order valence-corrected chi connectivity index (χ1v) is 16.2. The zero-order valence-electron chi connectivity index (χ0n) is 27.6. The second kappa shape index (κ2) is 21.0. The molecule has 0 aliphatic carbocycles. The quantitative estimate of drug-likeness (QED) is 0.419. The topological polar surface area (TPSA) is 93.6 Å². The molecule has 231 valence electrons. The van der Waals surface area contributed by atoms with Gasteiger partial charge in [0.15, 0.2) is 0 Å². The summed E-state index contributed by atoms with van der Waals surface area (Å²) in [6, 6.07) is 15.7. The molecule has 2 aromatic carbocycles. The number of nitrogens with one attached hydrogen (secondary N) is 1. The van der Waals surface area contributed by atoms with Crippen LogP contribution in [0.2, 0.25) is 10.0 Å². The van der Waals surface area contributed by atoms with Gasteiger partial charge in [-0.3, -0.25) is 0 Å². The molecule has 2 fully saturated rings. The fraction of sp³-hybridized carbons (Fsp3) is 0.552. The molecule has 2 aliphatic heterocycles. The highest BCUT2D eigenvalue weighted by molar-refractivity contribution is 7.81. The van der Waals surface area contributed by atoms with Gasteiger partial charge in [-0.05, 0) is 101 Å². The first-order chi connectivity index (χ1) is 21.5. The maximum atomic E-state index is 12.2. The number of piperidine rings is 2. The molecule has 0 bridgehead atoms. The molecular weight excluding hydrogens is 605 g/mol. The molecule has 0 saturated carbocycles. The van der Waals surface area contributed by atoms with E-state index < -0.39 is 17.5 Å². The molecule has 0 aromatic heterocycles. The summed E-state index contributed by atoms with van der Waals surface area (Å²) in [5, 5.41) is 4.86. The molecule has 17 heteroatoms. The summed E-state index contributed by atoms with van der Waals surface area (Å²) in [4.78, 5) is 14.0. The van der Waals surface area contributed by atoms with E-state index in [1.54, 1.807) is 4.90 Å². The number of hydrogen-bond acceptors (Lipinski definition) is 5. The third-order valence-electron chi connectivity index (χ3n) is 7.37. The predicted octanol–water partition coefficient (Wildman–Crippen LogP) is 2.15. The number of amides is 1. The number of benzene rings is 2. The molecule has 1 amide bonds. The van der Waals surface area contributed by atoms with Crippen LogP contribution < -0.4 is 16.8 Å². The van der Waals surface area contributed by atoms with Crippen molar-refractivity contribution in [2.45, 2.75) is 76.0 Å². The Bertz CT molecular complexity index is 1140. The minimum absolute atomic E-state index is 0.0773. The SMILES string of the molecule is CC(C)(C)OC(=O)N1CCC[C@@](N)(Cc2ccc(Cl)cc2)C1.N[C@@]1(Cc2ccc(Cl)cc2)CCCNC1.[B][B].[B][B]B([B])B([B])[B]. The molecule has 2 aliphatic rings. The smallest absolute Gasteiger partial charge is 0.410 e. The molecule has 5 N–H and O–H groups in total. The number of ether oxygens (including phenoxy) is 1. The van der Waals surface area contributed by atoms with Gasteiger partial charge in [0.05, 0.1) is 0 Å². The average Bonchev–Trinajstić information content (AvgIpc) is 3.00. The molecule has 2 atom stereocenters. The van der Waals surface area contributed by atoms with Crippen molar-refractivity contribution in [3.8, 4) is 0 Å².